The molecular weight excluding hydrogens is 422 g/mol. The second kappa shape index (κ2) is 10.7. The highest BCUT2D eigenvalue weighted by Crippen LogP contribution is 2.31. The number of amides is 3. The van der Waals surface area contributed by atoms with Crippen molar-refractivity contribution in [2.75, 3.05) is 13.1 Å². The largest absolute Gasteiger partial charge is 0.349 e. The third-order valence-electron chi connectivity index (χ3n) is 6.62. The summed E-state index contributed by atoms with van der Waals surface area (Å²) < 4.78 is 0. The lowest BCUT2D eigenvalue weighted by Crippen LogP contribution is -2.53. The number of para-hydroxylation sites is 1. The zero-order valence-electron chi connectivity index (χ0n) is 18.7. The molecule has 2 aromatic rings. The summed E-state index contributed by atoms with van der Waals surface area (Å²) in [5, 5.41) is 15.6. The van der Waals surface area contributed by atoms with Crippen molar-refractivity contribution in [2.45, 2.75) is 51.1 Å². The second-order valence-electron chi connectivity index (χ2n) is 8.94. The summed E-state index contributed by atoms with van der Waals surface area (Å²) in [7, 11) is 0. The van der Waals surface area contributed by atoms with Gasteiger partial charge in [-0.25, -0.2) is 10.5 Å². The fourth-order valence-electron chi connectivity index (χ4n) is 4.91. The number of nitrogens with one attached hydrogen (secondary N) is 2. The number of benzene rings is 1. The number of fused-ring (bicyclic) bond motifs is 1. The molecular formula is C24H31N5O4. The van der Waals surface area contributed by atoms with Crippen LogP contribution in [0.3, 0.4) is 0 Å². The van der Waals surface area contributed by atoms with Gasteiger partial charge in [-0.2, -0.15) is 0 Å². The molecule has 9 nitrogen and oxygen atoms in total. The van der Waals surface area contributed by atoms with Gasteiger partial charge < -0.3 is 5.32 Å². The standard InChI is InChI=1S/C24H31N5O4/c30-16-28(33)15-19(13-17-5-1-2-6-17)24(32)29-22(11-12-26-29)23(31)25-14-20-10-9-18-7-3-4-8-21(18)27-20/h3-4,7-10,16-17,19,22,26,33H,1-2,5-6,11-15H2,(H,25,31). The zero-order chi connectivity index (χ0) is 23.2. The van der Waals surface area contributed by atoms with Gasteiger partial charge in [-0.15, -0.1) is 0 Å². The fraction of sp³-hybridized carbons (Fsp3) is 0.500. The van der Waals surface area contributed by atoms with Gasteiger partial charge in [-0.3, -0.25) is 29.6 Å². The Morgan fingerprint density at radius 3 is 2.79 bits per heavy atom. The Kier molecular flexibility index (Phi) is 7.51. The van der Waals surface area contributed by atoms with E-state index in [9.17, 15) is 19.6 Å². The molecule has 0 spiro atoms. The maximum atomic E-state index is 13.3. The van der Waals surface area contributed by atoms with Gasteiger partial charge in [-0.1, -0.05) is 49.9 Å². The average molecular weight is 454 g/mol. The summed E-state index contributed by atoms with van der Waals surface area (Å²) >= 11 is 0. The number of carbonyl (C=O) groups excluding carboxylic acids is 3. The SMILES string of the molecule is O=CN(O)CC(CC1CCCC1)C(=O)N1NCCC1C(=O)NCc1ccc2ccccc2n1. The van der Waals surface area contributed by atoms with E-state index in [4.69, 9.17) is 0 Å². The third-order valence-corrected chi connectivity index (χ3v) is 6.62. The van der Waals surface area contributed by atoms with Crippen LogP contribution >= 0.6 is 0 Å². The van der Waals surface area contributed by atoms with Crippen molar-refractivity contribution in [1.82, 2.24) is 25.8 Å². The molecule has 9 heteroatoms. The topological polar surface area (TPSA) is 115 Å². The van der Waals surface area contributed by atoms with E-state index in [-0.39, 0.29) is 24.9 Å². The van der Waals surface area contributed by atoms with Gasteiger partial charge in [-0.05, 0) is 30.9 Å². The van der Waals surface area contributed by atoms with Gasteiger partial charge in [0.15, 0.2) is 0 Å². The van der Waals surface area contributed by atoms with Crippen molar-refractivity contribution in [3.05, 3.63) is 42.1 Å². The highest BCUT2D eigenvalue weighted by Gasteiger charge is 2.38. The minimum Gasteiger partial charge on any atom is -0.349 e. The Morgan fingerprint density at radius 2 is 2.00 bits per heavy atom. The number of hydrogen-bond acceptors (Lipinski definition) is 6. The molecule has 1 aromatic carbocycles. The Morgan fingerprint density at radius 1 is 1.21 bits per heavy atom. The number of rotatable bonds is 9. The Hall–Kier alpha value is -3.04. The van der Waals surface area contributed by atoms with Gasteiger partial charge in [0.05, 0.1) is 30.2 Å². The summed E-state index contributed by atoms with van der Waals surface area (Å²) in [6.07, 6.45) is 5.77. The van der Waals surface area contributed by atoms with Gasteiger partial charge in [0, 0.05) is 11.9 Å². The monoisotopic (exact) mass is 453 g/mol. The first kappa shape index (κ1) is 23.1. The number of hydrogen-bond donors (Lipinski definition) is 3. The number of nitrogens with zero attached hydrogens (tertiary/aromatic N) is 3. The second-order valence-corrected chi connectivity index (χ2v) is 8.94. The molecule has 176 valence electrons. The van der Waals surface area contributed by atoms with E-state index in [1.807, 2.05) is 36.4 Å². The van der Waals surface area contributed by atoms with Crippen molar-refractivity contribution in [1.29, 1.82) is 0 Å². The highest BCUT2D eigenvalue weighted by molar-refractivity contribution is 5.89. The molecule has 1 saturated heterocycles. The lowest BCUT2D eigenvalue weighted by Gasteiger charge is -2.29. The Bertz CT molecular complexity index is 994. The van der Waals surface area contributed by atoms with Crippen molar-refractivity contribution >= 4 is 29.1 Å². The van der Waals surface area contributed by atoms with E-state index < -0.39 is 12.0 Å². The van der Waals surface area contributed by atoms with Gasteiger partial charge in [0.2, 0.25) is 18.2 Å². The van der Waals surface area contributed by atoms with E-state index in [1.54, 1.807) is 0 Å². The maximum Gasteiger partial charge on any atom is 0.244 e. The van der Waals surface area contributed by atoms with Crippen LogP contribution in [-0.4, -0.2) is 57.6 Å². The smallest absolute Gasteiger partial charge is 0.244 e. The van der Waals surface area contributed by atoms with E-state index >= 15 is 0 Å². The summed E-state index contributed by atoms with van der Waals surface area (Å²) in [6.45, 7) is 0.695. The molecule has 0 radical (unpaired) electrons. The summed E-state index contributed by atoms with van der Waals surface area (Å²) in [6, 6.07) is 11.0. The third kappa shape index (κ3) is 5.66. The van der Waals surface area contributed by atoms with E-state index in [1.165, 1.54) is 5.01 Å². The number of pyridine rings is 1. The lowest BCUT2D eigenvalue weighted by atomic mass is 9.92. The van der Waals surface area contributed by atoms with Gasteiger partial charge in [0.1, 0.15) is 6.04 Å². The summed E-state index contributed by atoms with van der Waals surface area (Å²) in [4.78, 5) is 41.8. The van der Waals surface area contributed by atoms with Gasteiger partial charge >= 0.3 is 0 Å². The first-order valence-corrected chi connectivity index (χ1v) is 11.6. The minimum atomic E-state index is -0.646. The first-order chi connectivity index (χ1) is 16.0. The Labute approximate surface area is 193 Å². The van der Waals surface area contributed by atoms with Crippen molar-refractivity contribution < 1.29 is 19.6 Å². The normalized spacial score (nSPS) is 19.5. The molecule has 1 aromatic heterocycles. The molecule has 3 N–H and O–H groups in total. The van der Waals surface area contributed by atoms with Crippen LogP contribution in [0.2, 0.25) is 0 Å². The zero-order valence-corrected chi connectivity index (χ0v) is 18.7. The molecule has 0 bridgehead atoms. The van der Waals surface area contributed by atoms with Crippen LogP contribution in [0.1, 0.15) is 44.2 Å². The first-order valence-electron chi connectivity index (χ1n) is 11.6. The van der Waals surface area contributed by atoms with E-state index in [2.05, 4.69) is 15.7 Å². The average Bonchev–Trinajstić information content (AvgIpc) is 3.53. The predicted molar refractivity (Wildman–Crippen MR) is 121 cm³/mol. The number of carbonyl (C=O) groups is 3. The van der Waals surface area contributed by atoms with Crippen LogP contribution in [0, 0.1) is 11.8 Å². The van der Waals surface area contributed by atoms with Gasteiger partial charge in [0.25, 0.3) is 0 Å². The number of aromatic nitrogens is 1. The van der Waals surface area contributed by atoms with Crippen LogP contribution in [0.15, 0.2) is 36.4 Å². The molecule has 1 aliphatic carbocycles. The maximum absolute atomic E-state index is 13.3. The molecule has 2 heterocycles. The minimum absolute atomic E-state index is 0.0770. The Balaban J connectivity index is 1.40. The number of hydroxylamine groups is 2. The molecule has 33 heavy (non-hydrogen) atoms. The van der Waals surface area contributed by atoms with Crippen LogP contribution < -0.4 is 10.7 Å². The molecule has 2 unspecified atom stereocenters. The van der Waals surface area contributed by atoms with Crippen molar-refractivity contribution in [2.24, 2.45) is 11.8 Å². The van der Waals surface area contributed by atoms with E-state index in [0.29, 0.717) is 36.8 Å². The molecule has 2 aliphatic rings. The fourth-order valence-corrected chi connectivity index (χ4v) is 4.91. The van der Waals surface area contributed by atoms with E-state index in [0.717, 1.165) is 42.3 Å². The number of hydrazine groups is 1. The molecule has 2 fully saturated rings. The van der Waals surface area contributed by atoms with Crippen LogP contribution in [0.25, 0.3) is 10.9 Å². The highest BCUT2D eigenvalue weighted by atomic mass is 16.5. The molecule has 4 rings (SSSR count). The predicted octanol–water partition coefficient (Wildman–Crippen LogP) is 2.00. The summed E-state index contributed by atoms with van der Waals surface area (Å²) in [5.74, 6) is -0.678. The quantitative estimate of drug-likeness (QED) is 0.304. The molecule has 1 aliphatic heterocycles. The molecule has 3 amide bonds. The van der Waals surface area contributed by atoms with Crippen molar-refractivity contribution in [3.63, 3.8) is 0 Å². The molecule has 1 saturated carbocycles. The molecule has 2 atom stereocenters. The van der Waals surface area contributed by atoms with Crippen molar-refractivity contribution in [3.8, 4) is 0 Å². The van der Waals surface area contributed by atoms with Crippen LogP contribution in [0.4, 0.5) is 0 Å². The van der Waals surface area contributed by atoms with Crippen LogP contribution in [-0.2, 0) is 20.9 Å². The lowest BCUT2D eigenvalue weighted by molar-refractivity contribution is -0.159. The van der Waals surface area contributed by atoms with Crippen LogP contribution in [0.5, 0.6) is 0 Å². The summed E-state index contributed by atoms with van der Waals surface area (Å²) in [5.41, 5.74) is 4.63.